The quantitative estimate of drug-likeness (QED) is 0.926. The third kappa shape index (κ3) is 2.99. The van der Waals surface area contributed by atoms with E-state index in [1.165, 1.54) is 33.8 Å². The number of piperidine rings is 1. The van der Waals surface area contributed by atoms with Crippen LogP contribution in [0.5, 0.6) is 0 Å². The Kier molecular flexibility index (Phi) is 4.28. The normalized spacial score (nSPS) is 17.8. The van der Waals surface area contributed by atoms with Gasteiger partial charge in [0.2, 0.25) is 5.82 Å². The average Bonchev–Trinajstić information content (AvgIpc) is 2.96. The van der Waals surface area contributed by atoms with Gasteiger partial charge in [-0.15, -0.1) is 5.10 Å². The number of halogens is 1. The van der Waals surface area contributed by atoms with Crippen molar-refractivity contribution in [3.8, 4) is 5.69 Å². The molecule has 0 spiro atoms. The lowest BCUT2D eigenvalue weighted by atomic mass is 10.0. The summed E-state index contributed by atoms with van der Waals surface area (Å²) in [5, 5.41) is 13.5. The van der Waals surface area contributed by atoms with Crippen molar-refractivity contribution in [2.24, 2.45) is 0 Å². The highest BCUT2D eigenvalue weighted by atomic mass is 19.1. The second-order valence-corrected chi connectivity index (χ2v) is 5.72. The van der Waals surface area contributed by atoms with Crippen LogP contribution < -0.4 is 0 Å². The number of likely N-dealkylation sites (tertiary alicyclic amines) is 1. The Labute approximate surface area is 137 Å². The molecular formula is C16H17FN4O3. The van der Waals surface area contributed by atoms with Crippen molar-refractivity contribution in [2.75, 3.05) is 6.54 Å². The Morgan fingerprint density at radius 1 is 1.25 bits per heavy atom. The van der Waals surface area contributed by atoms with Gasteiger partial charge in [0.25, 0.3) is 5.91 Å². The van der Waals surface area contributed by atoms with Crippen LogP contribution in [-0.4, -0.2) is 49.2 Å². The number of aromatic nitrogens is 3. The van der Waals surface area contributed by atoms with E-state index in [-0.39, 0.29) is 11.6 Å². The number of carboxylic acid groups (broad SMARTS) is 1. The molecule has 24 heavy (non-hydrogen) atoms. The number of hydrogen-bond acceptors (Lipinski definition) is 4. The van der Waals surface area contributed by atoms with E-state index in [4.69, 9.17) is 0 Å². The van der Waals surface area contributed by atoms with Gasteiger partial charge in [0.1, 0.15) is 17.7 Å². The summed E-state index contributed by atoms with van der Waals surface area (Å²) in [6, 6.07) is 4.81. The lowest BCUT2D eigenvalue weighted by Crippen LogP contribution is -2.48. The number of carbonyl (C=O) groups excluding carboxylic acids is 1. The van der Waals surface area contributed by atoms with Crippen molar-refractivity contribution < 1.29 is 19.1 Å². The van der Waals surface area contributed by atoms with Crippen LogP contribution >= 0.6 is 0 Å². The number of benzene rings is 1. The van der Waals surface area contributed by atoms with Gasteiger partial charge in [-0.1, -0.05) is 0 Å². The maximum Gasteiger partial charge on any atom is 0.326 e. The zero-order chi connectivity index (χ0) is 17.3. The van der Waals surface area contributed by atoms with Crippen molar-refractivity contribution in [1.29, 1.82) is 0 Å². The SMILES string of the molecule is Cc1nc(C(=O)N2CCCCC2C(=O)O)nn1-c1ccc(F)cc1. The van der Waals surface area contributed by atoms with Gasteiger partial charge in [0, 0.05) is 6.54 Å². The molecule has 1 aliphatic rings. The molecule has 1 N–H and O–H groups in total. The molecule has 3 rings (SSSR count). The standard InChI is InChI=1S/C16H17FN4O3/c1-10-18-14(19-21(10)12-7-5-11(17)6-8-12)15(22)20-9-3-2-4-13(20)16(23)24/h5-8,13H,2-4,9H2,1H3,(H,23,24). The van der Waals surface area contributed by atoms with E-state index in [9.17, 15) is 19.1 Å². The average molecular weight is 332 g/mol. The second-order valence-electron chi connectivity index (χ2n) is 5.72. The molecule has 1 unspecified atom stereocenters. The maximum atomic E-state index is 13.0. The van der Waals surface area contributed by atoms with E-state index in [2.05, 4.69) is 10.1 Å². The van der Waals surface area contributed by atoms with Gasteiger partial charge in [0.15, 0.2) is 0 Å². The van der Waals surface area contributed by atoms with Gasteiger partial charge in [-0.25, -0.2) is 18.9 Å². The Hall–Kier alpha value is -2.77. The van der Waals surface area contributed by atoms with Crippen LogP contribution in [-0.2, 0) is 4.79 Å². The van der Waals surface area contributed by atoms with E-state index >= 15 is 0 Å². The molecule has 1 aromatic carbocycles. The summed E-state index contributed by atoms with van der Waals surface area (Å²) < 4.78 is 14.5. The molecule has 8 heteroatoms. The molecule has 1 atom stereocenters. The van der Waals surface area contributed by atoms with Gasteiger partial charge < -0.3 is 10.0 Å². The molecule has 126 valence electrons. The smallest absolute Gasteiger partial charge is 0.326 e. The highest BCUT2D eigenvalue weighted by Crippen LogP contribution is 2.20. The molecular weight excluding hydrogens is 315 g/mol. The predicted octanol–water partition coefficient (Wildman–Crippen LogP) is 1.79. The van der Waals surface area contributed by atoms with Crippen molar-refractivity contribution in [1.82, 2.24) is 19.7 Å². The minimum atomic E-state index is -1.02. The van der Waals surface area contributed by atoms with Gasteiger partial charge in [-0.3, -0.25) is 4.79 Å². The summed E-state index contributed by atoms with van der Waals surface area (Å²) >= 11 is 0. The molecule has 1 saturated heterocycles. The molecule has 2 heterocycles. The minimum Gasteiger partial charge on any atom is -0.480 e. The highest BCUT2D eigenvalue weighted by Gasteiger charge is 2.34. The summed E-state index contributed by atoms with van der Waals surface area (Å²) in [6.45, 7) is 2.05. The van der Waals surface area contributed by atoms with E-state index in [0.29, 0.717) is 24.5 Å². The van der Waals surface area contributed by atoms with Crippen molar-refractivity contribution in [2.45, 2.75) is 32.2 Å². The van der Waals surface area contributed by atoms with E-state index < -0.39 is 17.9 Å². The number of rotatable bonds is 3. The fraction of sp³-hybridized carbons (Fsp3) is 0.375. The van der Waals surface area contributed by atoms with Crippen LogP contribution in [0.4, 0.5) is 4.39 Å². The van der Waals surface area contributed by atoms with Crippen molar-refractivity contribution in [3.63, 3.8) is 0 Å². The van der Waals surface area contributed by atoms with E-state index in [1.54, 1.807) is 6.92 Å². The molecule has 0 saturated carbocycles. The predicted molar refractivity (Wildman–Crippen MR) is 82.4 cm³/mol. The van der Waals surface area contributed by atoms with Crippen molar-refractivity contribution >= 4 is 11.9 Å². The molecule has 1 aliphatic heterocycles. The molecule has 0 radical (unpaired) electrons. The first kappa shape index (κ1) is 16.1. The van der Waals surface area contributed by atoms with Gasteiger partial charge in [0.05, 0.1) is 5.69 Å². The monoisotopic (exact) mass is 332 g/mol. The molecule has 1 amide bonds. The van der Waals surface area contributed by atoms with Crippen LogP contribution in [0.3, 0.4) is 0 Å². The number of aliphatic carboxylic acids is 1. The zero-order valence-corrected chi connectivity index (χ0v) is 13.1. The molecule has 7 nitrogen and oxygen atoms in total. The number of nitrogens with zero attached hydrogens (tertiary/aromatic N) is 4. The van der Waals surface area contributed by atoms with Gasteiger partial charge in [-0.05, 0) is 50.5 Å². The van der Waals surface area contributed by atoms with Crippen LogP contribution in [0.25, 0.3) is 5.69 Å². The Morgan fingerprint density at radius 2 is 1.96 bits per heavy atom. The number of carbonyl (C=O) groups is 2. The zero-order valence-electron chi connectivity index (χ0n) is 13.1. The number of hydrogen-bond donors (Lipinski definition) is 1. The highest BCUT2D eigenvalue weighted by molar-refractivity contribution is 5.93. The van der Waals surface area contributed by atoms with Crippen LogP contribution in [0.15, 0.2) is 24.3 Å². The number of aryl methyl sites for hydroxylation is 1. The second kappa shape index (κ2) is 6.38. The Bertz CT molecular complexity index is 772. The molecule has 0 aliphatic carbocycles. The first-order valence-corrected chi connectivity index (χ1v) is 7.71. The first-order valence-electron chi connectivity index (χ1n) is 7.71. The molecule has 1 aromatic heterocycles. The maximum absolute atomic E-state index is 13.0. The fourth-order valence-electron chi connectivity index (χ4n) is 2.87. The molecule has 0 bridgehead atoms. The minimum absolute atomic E-state index is 0.0509. The molecule has 2 aromatic rings. The number of amides is 1. The third-order valence-electron chi connectivity index (χ3n) is 4.08. The van der Waals surface area contributed by atoms with E-state index in [0.717, 1.165) is 12.8 Å². The Morgan fingerprint density at radius 3 is 2.62 bits per heavy atom. The molecule has 1 fully saturated rings. The fourth-order valence-corrected chi connectivity index (χ4v) is 2.87. The van der Waals surface area contributed by atoms with Crippen molar-refractivity contribution in [3.05, 3.63) is 41.7 Å². The van der Waals surface area contributed by atoms with Gasteiger partial charge >= 0.3 is 5.97 Å². The summed E-state index contributed by atoms with van der Waals surface area (Å²) in [6.07, 6.45) is 1.96. The largest absolute Gasteiger partial charge is 0.480 e. The summed E-state index contributed by atoms with van der Waals surface area (Å²) in [7, 11) is 0. The lowest BCUT2D eigenvalue weighted by Gasteiger charge is -2.31. The van der Waals surface area contributed by atoms with Crippen LogP contribution in [0.1, 0.15) is 35.7 Å². The summed E-state index contributed by atoms with van der Waals surface area (Å²) in [5.74, 6) is -1.46. The summed E-state index contributed by atoms with van der Waals surface area (Å²) in [4.78, 5) is 29.4. The first-order chi connectivity index (χ1) is 11.5. The summed E-state index contributed by atoms with van der Waals surface area (Å²) in [5.41, 5.74) is 0.578. The van der Waals surface area contributed by atoms with Crippen LogP contribution in [0, 0.1) is 12.7 Å². The lowest BCUT2D eigenvalue weighted by molar-refractivity contribution is -0.143. The topological polar surface area (TPSA) is 88.3 Å². The van der Waals surface area contributed by atoms with Crippen LogP contribution in [0.2, 0.25) is 0 Å². The number of carboxylic acids is 1. The van der Waals surface area contributed by atoms with Gasteiger partial charge in [-0.2, -0.15) is 0 Å². The third-order valence-corrected chi connectivity index (χ3v) is 4.08. The Balaban J connectivity index is 1.89. The van der Waals surface area contributed by atoms with E-state index in [1.807, 2.05) is 0 Å².